The Morgan fingerprint density at radius 1 is 0.875 bits per heavy atom. The SMILES string of the molecule is COc1ccc(C23C[C@@H]4C[C@@H](CC(C(=O)N5CCN(c6ccccc6)CC5)(C4)C2)C3)cc1. The highest BCUT2D eigenvalue weighted by Crippen LogP contribution is 2.66. The van der Waals surface area contributed by atoms with Gasteiger partial charge in [-0.1, -0.05) is 30.3 Å². The molecule has 2 aromatic rings. The van der Waals surface area contributed by atoms with Crippen LogP contribution < -0.4 is 9.64 Å². The van der Waals surface area contributed by atoms with E-state index in [9.17, 15) is 4.79 Å². The van der Waals surface area contributed by atoms with Gasteiger partial charge in [-0.05, 0) is 85.6 Å². The second-order valence-corrected chi connectivity index (χ2v) is 10.9. The van der Waals surface area contributed by atoms with Crippen LogP contribution in [0.25, 0.3) is 0 Å². The van der Waals surface area contributed by atoms with E-state index >= 15 is 0 Å². The number of amides is 1. The lowest BCUT2D eigenvalue weighted by atomic mass is 9.42. The van der Waals surface area contributed by atoms with Gasteiger partial charge in [0.2, 0.25) is 5.91 Å². The topological polar surface area (TPSA) is 32.8 Å². The zero-order chi connectivity index (χ0) is 21.8. The lowest BCUT2D eigenvalue weighted by molar-refractivity contribution is -0.160. The molecule has 5 fully saturated rings. The van der Waals surface area contributed by atoms with Gasteiger partial charge in [0, 0.05) is 31.9 Å². The molecule has 7 rings (SSSR count). The second-order valence-electron chi connectivity index (χ2n) is 10.9. The average Bonchev–Trinajstić information content (AvgIpc) is 2.83. The van der Waals surface area contributed by atoms with Crippen LogP contribution in [0.15, 0.2) is 54.6 Å². The highest BCUT2D eigenvalue weighted by atomic mass is 16.5. The van der Waals surface area contributed by atoms with E-state index in [1.54, 1.807) is 7.11 Å². The molecule has 168 valence electrons. The third-order valence-corrected chi connectivity index (χ3v) is 8.91. The van der Waals surface area contributed by atoms with Crippen molar-refractivity contribution in [2.24, 2.45) is 17.3 Å². The number of anilines is 1. The zero-order valence-corrected chi connectivity index (χ0v) is 19.1. The molecule has 4 aliphatic carbocycles. The summed E-state index contributed by atoms with van der Waals surface area (Å²) in [5.41, 5.74) is 2.74. The van der Waals surface area contributed by atoms with Gasteiger partial charge in [-0.25, -0.2) is 0 Å². The van der Waals surface area contributed by atoms with Crippen LogP contribution in [0, 0.1) is 17.3 Å². The first-order valence-corrected chi connectivity index (χ1v) is 12.3. The summed E-state index contributed by atoms with van der Waals surface area (Å²) < 4.78 is 5.40. The van der Waals surface area contributed by atoms with Gasteiger partial charge < -0.3 is 14.5 Å². The lowest BCUT2D eigenvalue weighted by Crippen LogP contribution is -2.61. The molecule has 4 atom stereocenters. The van der Waals surface area contributed by atoms with E-state index in [1.165, 1.54) is 30.5 Å². The van der Waals surface area contributed by atoms with Gasteiger partial charge in [0.15, 0.2) is 0 Å². The minimum atomic E-state index is -0.140. The molecule has 0 radical (unpaired) electrons. The number of hydrogen-bond donors (Lipinski definition) is 0. The molecule has 5 aliphatic rings. The highest BCUT2D eigenvalue weighted by molar-refractivity contribution is 5.84. The van der Waals surface area contributed by atoms with Crippen molar-refractivity contribution in [2.45, 2.75) is 43.9 Å². The number of benzene rings is 2. The number of carbonyl (C=O) groups excluding carboxylic acids is 1. The van der Waals surface area contributed by atoms with Crippen LogP contribution >= 0.6 is 0 Å². The largest absolute Gasteiger partial charge is 0.497 e. The molecule has 4 nitrogen and oxygen atoms in total. The van der Waals surface area contributed by atoms with Gasteiger partial charge in [-0.2, -0.15) is 0 Å². The number of para-hydroxylation sites is 1. The molecule has 4 bridgehead atoms. The van der Waals surface area contributed by atoms with Crippen LogP contribution in [0.2, 0.25) is 0 Å². The molecule has 1 saturated heterocycles. The van der Waals surface area contributed by atoms with E-state index in [1.807, 2.05) is 0 Å². The maximum absolute atomic E-state index is 14.1. The van der Waals surface area contributed by atoms with Crippen molar-refractivity contribution >= 4 is 11.6 Å². The molecule has 2 aromatic carbocycles. The molecule has 4 heteroatoms. The molecule has 1 aliphatic heterocycles. The first-order chi connectivity index (χ1) is 15.6. The fourth-order valence-corrected chi connectivity index (χ4v) is 7.94. The number of carbonyl (C=O) groups is 1. The van der Waals surface area contributed by atoms with Crippen molar-refractivity contribution in [1.29, 1.82) is 0 Å². The van der Waals surface area contributed by atoms with Crippen LogP contribution in [-0.2, 0) is 10.2 Å². The lowest BCUT2D eigenvalue weighted by Gasteiger charge is -2.62. The standard InChI is InChI=1S/C28H34N2O2/c1-32-25-9-7-23(8-10-25)27-16-21-15-22(17-27)19-28(18-21,20-27)26(31)30-13-11-29(12-14-30)24-5-3-2-4-6-24/h2-10,21-22H,11-20H2,1H3/t21-,22+,27?,28?. The molecule has 1 amide bonds. The summed E-state index contributed by atoms with van der Waals surface area (Å²) in [6, 6.07) is 19.4. The predicted molar refractivity (Wildman–Crippen MR) is 127 cm³/mol. The monoisotopic (exact) mass is 430 g/mol. The number of nitrogens with zero attached hydrogens (tertiary/aromatic N) is 2. The van der Waals surface area contributed by atoms with Crippen molar-refractivity contribution in [2.75, 3.05) is 38.2 Å². The Labute approximate surface area is 191 Å². The number of piperazine rings is 1. The first kappa shape index (κ1) is 20.1. The summed E-state index contributed by atoms with van der Waals surface area (Å²) in [6.07, 6.45) is 7.10. The van der Waals surface area contributed by atoms with E-state index in [-0.39, 0.29) is 10.8 Å². The molecule has 4 saturated carbocycles. The second kappa shape index (κ2) is 7.54. The van der Waals surface area contributed by atoms with Crippen LogP contribution in [-0.4, -0.2) is 44.1 Å². The van der Waals surface area contributed by atoms with Gasteiger partial charge in [-0.15, -0.1) is 0 Å². The first-order valence-electron chi connectivity index (χ1n) is 12.3. The molecule has 0 aromatic heterocycles. The Bertz CT molecular complexity index is 964. The molecule has 2 unspecified atom stereocenters. The summed E-state index contributed by atoms with van der Waals surface area (Å²) in [6.45, 7) is 3.56. The molecule has 1 heterocycles. The normalized spacial score (nSPS) is 33.4. The Kier molecular flexibility index (Phi) is 4.74. The highest BCUT2D eigenvalue weighted by Gasteiger charge is 2.61. The number of rotatable bonds is 4. The van der Waals surface area contributed by atoms with Gasteiger partial charge in [0.05, 0.1) is 12.5 Å². The number of ether oxygens (including phenoxy) is 1. The van der Waals surface area contributed by atoms with E-state index in [0.29, 0.717) is 17.7 Å². The van der Waals surface area contributed by atoms with Crippen LogP contribution in [0.4, 0.5) is 5.69 Å². The summed E-state index contributed by atoms with van der Waals surface area (Å²) in [7, 11) is 1.73. The molecule has 0 spiro atoms. The minimum Gasteiger partial charge on any atom is -0.497 e. The van der Waals surface area contributed by atoms with Gasteiger partial charge in [-0.3, -0.25) is 4.79 Å². The van der Waals surface area contributed by atoms with Crippen LogP contribution in [0.1, 0.15) is 44.1 Å². The van der Waals surface area contributed by atoms with E-state index < -0.39 is 0 Å². The maximum Gasteiger partial charge on any atom is 0.228 e. The summed E-state index contributed by atoms with van der Waals surface area (Å²) in [5.74, 6) is 2.78. The maximum atomic E-state index is 14.1. The fourth-order valence-electron chi connectivity index (χ4n) is 7.94. The van der Waals surface area contributed by atoms with E-state index in [0.717, 1.165) is 51.2 Å². The van der Waals surface area contributed by atoms with Crippen molar-refractivity contribution < 1.29 is 9.53 Å². The third kappa shape index (κ3) is 3.22. The number of methoxy groups -OCH3 is 1. The molecular formula is C28H34N2O2. The van der Waals surface area contributed by atoms with Gasteiger partial charge in [0.25, 0.3) is 0 Å². The quantitative estimate of drug-likeness (QED) is 0.693. The fraction of sp³-hybridized carbons (Fsp3) is 0.536. The predicted octanol–water partition coefficient (Wildman–Crippen LogP) is 4.88. The summed E-state index contributed by atoms with van der Waals surface area (Å²) in [5, 5.41) is 0. The van der Waals surface area contributed by atoms with Crippen molar-refractivity contribution in [1.82, 2.24) is 4.90 Å². The van der Waals surface area contributed by atoms with Gasteiger partial charge >= 0.3 is 0 Å². The molecular weight excluding hydrogens is 396 g/mol. The minimum absolute atomic E-state index is 0.140. The average molecular weight is 431 g/mol. The Balaban J connectivity index is 1.22. The van der Waals surface area contributed by atoms with Crippen molar-refractivity contribution in [3.8, 4) is 5.75 Å². The van der Waals surface area contributed by atoms with Crippen LogP contribution in [0.3, 0.4) is 0 Å². The molecule has 0 N–H and O–H groups in total. The van der Waals surface area contributed by atoms with Crippen molar-refractivity contribution in [3.63, 3.8) is 0 Å². The Hall–Kier alpha value is -2.49. The smallest absolute Gasteiger partial charge is 0.228 e. The zero-order valence-electron chi connectivity index (χ0n) is 19.1. The molecule has 32 heavy (non-hydrogen) atoms. The van der Waals surface area contributed by atoms with E-state index in [2.05, 4.69) is 64.4 Å². The van der Waals surface area contributed by atoms with E-state index in [4.69, 9.17) is 4.74 Å². The Morgan fingerprint density at radius 2 is 1.53 bits per heavy atom. The Morgan fingerprint density at radius 3 is 2.16 bits per heavy atom. The van der Waals surface area contributed by atoms with Gasteiger partial charge in [0.1, 0.15) is 5.75 Å². The number of hydrogen-bond acceptors (Lipinski definition) is 3. The van der Waals surface area contributed by atoms with Crippen molar-refractivity contribution in [3.05, 3.63) is 60.2 Å². The third-order valence-electron chi connectivity index (χ3n) is 8.91. The summed E-state index contributed by atoms with van der Waals surface area (Å²) in [4.78, 5) is 18.7. The van der Waals surface area contributed by atoms with Crippen LogP contribution in [0.5, 0.6) is 5.75 Å². The summed E-state index contributed by atoms with van der Waals surface area (Å²) >= 11 is 0.